The van der Waals surface area contributed by atoms with Crippen molar-refractivity contribution in [2.24, 2.45) is 0 Å². The van der Waals surface area contributed by atoms with E-state index in [1.165, 1.54) is 4.88 Å². The number of hydrogen-bond donors (Lipinski definition) is 0. The fraction of sp³-hybridized carbons (Fsp3) is 0.467. The van der Waals surface area contributed by atoms with Crippen molar-refractivity contribution in [2.75, 3.05) is 0 Å². The van der Waals surface area contributed by atoms with Gasteiger partial charge in [0.25, 0.3) is 0 Å². The number of aryl methyl sites for hydroxylation is 2. The number of ketones is 1. The second-order valence-electron chi connectivity index (χ2n) is 5.12. The number of carbonyl (C=O) groups excluding carboxylic acids is 1. The Labute approximate surface area is 128 Å². The number of hydrogen-bond acceptors (Lipinski definition) is 3. The molecule has 20 heavy (non-hydrogen) atoms. The van der Waals surface area contributed by atoms with E-state index in [9.17, 15) is 4.79 Å². The molecule has 0 saturated carbocycles. The standard InChI is InChI=1S/C15H19ClN2OS/c1-8-6-13(14(19)10(3)16)11(4)18(8)12(5)15-17-7-9(2)20-15/h6-7,10,12H,1-5H3. The summed E-state index contributed by atoms with van der Waals surface area (Å²) >= 11 is 7.62. The molecule has 0 spiro atoms. The fourth-order valence-electron chi connectivity index (χ4n) is 2.51. The van der Waals surface area contributed by atoms with Crippen LogP contribution in [0.15, 0.2) is 12.3 Å². The van der Waals surface area contributed by atoms with E-state index >= 15 is 0 Å². The Morgan fingerprint density at radius 3 is 2.50 bits per heavy atom. The van der Waals surface area contributed by atoms with Crippen molar-refractivity contribution in [3.05, 3.63) is 39.1 Å². The SMILES string of the molecule is Cc1cnc(C(C)n2c(C)cc(C(=O)C(C)Cl)c2C)s1. The van der Waals surface area contributed by atoms with Gasteiger partial charge in [-0.25, -0.2) is 4.98 Å². The summed E-state index contributed by atoms with van der Waals surface area (Å²) < 4.78 is 2.16. The number of alkyl halides is 1. The maximum Gasteiger partial charge on any atom is 0.182 e. The molecular weight excluding hydrogens is 292 g/mol. The average molecular weight is 311 g/mol. The van der Waals surface area contributed by atoms with Crippen molar-refractivity contribution in [1.82, 2.24) is 9.55 Å². The van der Waals surface area contributed by atoms with Gasteiger partial charge in [-0.05, 0) is 40.7 Å². The molecule has 2 aromatic heterocycles. The molecule has 108 valence electrons. The highest BCUT2D eigenvalue weighted by molar-refractivity contribution is 7.11. The van der Waals surface area contributed by atoms with Gasteiger partial charge < -0.3 is 4.57 Å². The molecule has 5 heteroatoms. The van der Waals surface area contributed by atoms with Crippen LogP contribution in [0.4, 0.5) is 0 Å². The number of Topliss-reactive ketones (excluding diaryl/α,β-unsaturated/α-hetero) is 1. The Morgan fingerprint density at radius 1 is 1.35 bits per heavy atom. The van der Waals surface area contributed by atoms with Crippen molar-refractivity contribution >= 4 is 28.7 Å². The van der Waals surface area contributed by atoms with Gasteiger partial charge in [0.15, 0.2) is 5.78 Å². The summed E-state index contributed by atoms with van der Waals surface area (Å²) in [6.07, 6.45) is 1.89. The Hall–Kier alpha value is -1.13. The summed E-state index contributed by atoms with van der Waals surface area (Å²) in [6.45, 7) is 9.85. The van der Waals surface area contributed by atoms with E-state index in [1.807, 2.05) is 33.0 Å². The lowest BCUT2D eigenvalue weighted by Gasteiger charge is -2.16. The van der Waals surface area contributed by atoms with E-state index in [4.69, 9.17) is 11.6 Å². The molecule has 3 nitrogen and oxygen atoms in total. The topological polar surface area (TPSA) is 34.9 Å². The highest BCUT2D eigenvalue weighted by atomic mass is 35.5. The molecule has 0 aliphatic carbocycles. The first-order valence-corrected chi connectivity index (χ1v) is 7.87. The predicted molar refractivity (Wildman–Crippen MR) is 84.2 cm³/mol. The first-order valence-electron chi connectivity index (χ1n) is 6.62. The summed E-state index contributed by atoms with van der Waals surface area (Å²) in [5, 5.41) is 0.559. The molecule has 0 fully saturated rings. The zero-order valence-corrected chi connectivity index (χ0v) is 14.0. The van der Waals surface area contributed by atoms with Gasteiger partial charge in [0.1, 0.15) is 5.01 Å². The average Bonchev–Trinajstić information content (AvgIpc) is 2.92. The first kappa shape index (κ1) is 15.3. The quantitative estimate of drug-likeness (QED) is 0.623. The van der Waals surface area contributed by atoms with Crippen LogP contribution < -0.4 is 0 Å². The molecule has 2 aromatic rings. The normalized spacial score (nSPS) is 14.3. The molecule has 2 atom stereocenters. The van der Waals surface area contributed by atoms with Gasteiger partial charge in [-0.3, -0.25) is 4.79 Å². The largest absolute Gasteiger partial charge is 0.339 e. The van der Waals surface area contributed by atoms with Gasteiger partial charge >= 0.3 is 0 Å². The molecule has 0 saturated heterocycles. The van der Waals surface area contributed by atoms with E-state index in [0.717, 1.165) is 16.4 Å². The van der Waals surface area contributed by atoms with Gasteiger partial charge in [-0.2, -0.15) is 0 Å². The fourth-order valence-corrected chi connectivity index (χ4v) is 3.45. The van der Waals surface area contributed by atoms with Gasteiger partial charge in [-0.15, -0.1) is 22.9 Å². The molecule has 2 rings (SSSR count). The zero-order valence-electron chi connectivity index (χ0n) is 12.4. The molecule has 0 radical (unpaired) electrons. The summed E-state index contributed by atoms with van der Waals surface area (Å²) in [5.41, 5.74) is 2.73. The second-order valence-corrected chi connectivity index (χ2v) is 7.04. The molecule has 0 aliphatic rings. The lowest BCUT2D eigenvalue weighted by Crippen LogP contribution is -2.14. The number of halogens is 1. The van der Waals surface area contributed by atoms with Gasteiger partial charge in [0.05, 0.1) is 11.4 Å². The molecule has 0 aliphatic heterocycles. The van der Waals surface area contributed by atoms with Crippen LogP contribution in [-0.4, -0.2) is 20.7 Å². The number of aromatic nitrogens is 2. The van der Waals surface area contributed by atoms with Crippen molar-refractivity contribution in [1.29, 1.82) is 0 Å². The summed E-state index contributed by atoms with van der Waals surface area (Å²) in [4.78, 5) is 17.8. The summed E-state index contributed by atoms with van der Waals surface area (Å²) in [6, 6.07) is 2.05. The molecular formula is C15H19ClN2OS. The number of thiazole rings is 1. The molecule has 0 bridgehead atoms. The smallest absolute Gasteiger partial charge is 0.182 e. The highest BCUT2D eigenvalue weighted by Gasteiger charge is 2.23. The Bertz CT molecular complexity index is 642. The van der Waals surface area contributed by atoms with Crippen LogP contribution in [0.5, 0.6) is 0 Å². The van der Waals surface area contributed by atoms with E-state index in [0.29, 0.717) is 5.56 Å². The van der Waals surface area contributed by atoms with Crippen LogP contribution in [-0.2, 0) is 0 Å². The third kappa shape index (κ3) is 2.67. The van der Waals surface area contributed by atoms with Crippen LogP contribution in [0.3, 0.4) is 0 Å². The van der Waals surface area contributed by atoms with Crippen LogP contribution in [0.1, 0.15) is 51.5 Å². The lowest BCUT2D eigenvalue weighted by atomic mass is 10.1. The predicted octanol–water partition coefficient (Wildman–Crippen LogP) is 4.29. The first-order chi connectivity index (χ1) is 9.32. The summed E-state index contributed by atoms with van der Waals surface area (Å²) in [5.74, 6) is -0.0199. The molecule has 2 unspecified atom stereocenters. The Morgan fingerprint density at radius 2 is 2.00 bits per heavy atom. The van der Waals surface area contributed by atoms with Crippen LogP contribution in [0, 0.1) is 20.8 Å². The third-order valence-electron chi connectivity index (χ3n) is 3.49. The third-order valence-corrected chi connectivity index (χ3v) is 4.78. The maximum absolute atomic E-state index is 12.1. The minimum absolute atomic E-state index is 0.0199. The number of carbonyl (C=O) groups is 1. The zero-order chi connectivity index (χ0) is 15.0. The van der Waals surface area contributed by atoms with Gasteiger partial charge in [-0.1, -0.05) is 0 Å². The Balaban J connectivity index is 2.45. The van der Waals surface area contributed by atoms with Crippen molar-refractivity contribution < 1.29 is 4.79 Å². The van der Waals surface area contributed by atoms with Crippen molar-refractivity contribution in [3.8, 4) is 0 Å². The molecule has 2 heterocycles. The van der Waals surface area contributed by atoms with E-state index in [1.54, 1.807) is 18.3 Å². The number of nitrogens with zero attached hydrogens (tertiary/aromatic N) is 2. The van der Waals surface area contributed by atoms with E-state index in [2.05, 4.69) is 16.5 Å². The minimum atomic E-state index is -0.499. The van der Waals surface area contributed by atoms with E-state index < -0.39 is 5.38 Å². The van der Waals surface area contributed by atoms with Crippen molar-refractivity contribution in [2.45, 2.75) is 46.0 Å². The van der Waals surface area contributed by atoms with Crippen LogP contribution in [0.25, 0.3) is 0 Å². The Kier molecular flexibility index (Phi) is 4.35. The van der Waals surface area contributed by atoms with Crippen molar-refractivity contribution in [3.63, 3.8) is 0 Å². The van der Waals surface area contributed by atoms with E-state index in [-0.39, 0.29) is 11.8 Å². The lowest BCUT2D eigenvalue weighted by molar-refractivity contribution is 0.0991. The van der Waals surface area contributed by atoms with Crippen LogP contribution in [0.2, 0.25) is 0 Å². The monoisotopic (exact) mass is 310 g/mol. The van der Waals surface area contributed by atoms with Gasteiger partial charge in [0.2, 0.25) is 0 Å². The van der Waals surface area contributed by atoms with Gasteiger partial charge in [0, 0.05) is 28.0 Å². The number of rotatable bonds is 4. The molecule has 0 aromatic carbocycles. The molecule has 0 N–H and O–H groups in total. The van der Waals surface area contributed by atoms with Crippen LogP contribution >= 0.6 is 22.9 Å². The molecule has 0 amide bonds. The maximum atomic E-state index is 12.1. The minimum Gasteiger partial charge on any atom is -0.339 e. The second kappa shape index (κ2) is 5.70. The highest BCUT2D eigenvalue weighted by Crippen LogP contribution is 2.28. The summed E-state index contributed by atoms with van der Waals surface area (Å²) in [7, 11) is 0.